The van der Waals surface area contributed by atoms with Gasteiger partial charge in [-0.3, -0.25) is 4.79 Å². The molecule has 1 aliphatic rings. The summed E-state index contributed by atoms with van der Waals surface area (Å²) in [4.78, 5) is 27.4. The number of urea groups is 1. The number of carbonyl (C=O) groups excluding carboxylic acids is 2. The molecule has 1 saturated heterocycles. The maximum absolute atomic E-state index is 12.9. The fourth-order valence-corrected chi connectivity index (χ4v) is 3.82. The van der Waals surface area contributed by atoms with Crippen molar-refractivity contribution >= 4 is 11.9 Å². The van der Waals surface area contributed by atoms with Crippen LogP contribution in [0.3, 0.4) is 0 Å². The zero-order valence-corrected chi connectivity index (χ0v) is 18.6. The lowest BCUT2D eigenvalue weighted by molar-refractivity contribution is -0.917. The van der Waals surface area contributed by atoms with Crippen LogP contribution in [-0.2, 0) is 11.3 Å². The second-order valence-corrected chi connectivity index (χ2v) is 7.62. The van der Waals surface area contributed by atoms with Gasteiger partial charge >= 0.3 is 6.03 Å². The van der Waals surface area contributed by atoms with Crippen molar-refractivity contribution in [2.75, 3.05) is 47.5 Å². The van der Waals surface area contributed by atoms with Crippen LogP contribution in [0.2, 0.25) is 0 Å². The van der Waals surface area contributed by atoms with Crippen molar-refractivity contribution < 1.29 is 28.7 Å². The molecule has 9 heteroatoms. The van der Waals surface area contributed by atoms with Crippen molar-refractivity contribution in [1.29, 1.82) is 0 Å². The van der Waals surface area contributed by atoms with Crippen LogP contribution >= 0.6 is 0 Å². The Kier molecular flexibility index (Phi) is 8.58. The Labute approximate surface area is 178 Å². The minimum atomic E-state index is -0.668. The average Bonchev–Trinajstić information content (AvgIpc) is 2.76. The van der Waals surface area contributed by atoms with Crippen LogP contribution in [-0.4, -0.2) is 70.4 Å². The number of hydrogen-bond acceptors (Lipinski definition) is 5. The Morgan fingerprint density at radius 1 is 1.13 bits per heavy atom. The lowest BCUT2D eigenvalue weighted by atomic mass is 9.97. The number of nitrogens with two attached hydrogens (primary N) is 1. The second kappa shape index (κ2) is 10.9. The molecule has 0 bridgehead atoms. The Morgan fingerprint density at radius 2 is 1.77 bits per heavy atom. The van der Waals surface area contributed by atoms with Crippen LogP contribution in [0.15, 0.2) is 12.1 Å². The van der Waals surface area contributed by atoms with Gasteiger partial charge in [0.25, 0.3) is 0 Å². The first-order valence-electron chi connectivity index (χ1n) is 10.3. The molecule has 4 N–H and O–H groups in total. The van der Waals surface area contributed by atoms with Crippen LogP contribution in [0, 0.1) is 5.92 Å². The predicted molar refractivity (Wildman–Crippen MR) is 113 cm³/mol. The predicted octanol–water partition coefficient (Wildman–Crippen LogP) is 0.0225. The number of piperazine rings is 1. The number of benzene rings is 1. The maximum Gasteiger partial charge on any atom is 0.312 e. The maximum atomic E-state index is 12.9. The summed E-state index contributed by atoms with van der Waals surface area (Å²) >= 11 is 0. The summed E-state index contributed by atoms with van der Waals surface area (Å²) in [5.74, 6) is 1.84. The second-order valence-electron chi connectivity index (χ2n) is 7.62. The highest BCUT2D eigenvalue weighted by Gasteiger charge is 2.33. The minimum absolute atomic E-state index is 0.0198. The van der Waals surface area contributed by atoms with E-state index in [9.17, 15) is 9.59 Å². The summed E-state index contributed by atoms with van der Waals surface area (Å²) in [5.41, 5.74) is 6.30. The normalized spacial score (nSPS) is 16.5. The van der Waals surface area contributed by atoms with Crippen LogP contribution in [0.1, 0.15) is 25.8 Å². The third-order valence-corrected chi connectivity index (χ3v) is 5.79. The van der Waals surface area contributed by atoms with Crippen LogP contribution in [0.25, 0.3) is 0 Å². The molecule has 0 saturated carbocycles. The van der Waals surface area contributed by atoms with E-state index in [0.717, 1.165) is 31.6 Å². The zero-order chi connectivity index (χ0) is 22.3. The molecule has 3 amide bonds. The van der Waals surface area contributed by atoms with E-state index < -0.39 is 12.1 Å². The van der Waals surface area contributed by atoms with E-state index in [1.54, 1.807) is 21.3 Å². The molecule has 30 heavy (non-hydrogen) atoms. The van der Waals surface area contributed by atoms with Gasteiger partial charge in [-0.05, 0) is 18.1 Å². The highest BCUT2D eigenvalue weighted by Crippen LogP contribution is 2.39. The van der Waals surface area contributed by atoms with Gasteiger partial charge in [0.15, 0.2) is 11.5 Å². The first-order valence-corrected chi connectivity index (χ1v) is 10.3. The minimum Gasteiger partial charge on any atom is -0.493 e. The molecule has 0 aromatic heterocycles. The quantitative estimate of drug-likeness (QED) is 0.519. The van der Waals surface area contributed by atoms with E-state index in [1.807, 2.05) is 30.9 Å². The molecule has 1 aromatic carbocycles. The third kappa shape index (κ3) is 5.47. The average molecular weight is 424 g/mol. The molecule has 2 rings (SSSR count). The first kappa shape index (κ1) is 23.6. The van der Waals surface area contributed by atoms with Gasteiger partial charge in [0.1, 0.15) is 12.6 Å². The monoisotopic (exact) mass is 423 g/mol. The van der Waals surface area contributed by atoms with Crippen LogP contribution in [0.5, 0.6) is 17.2 Å². The summed E-state index contributed by atoms with van der Waals surface area (Å²) in [5, 5.41) is 2.62. The molecule has 0 spiro atoms. The Balaban J connectivity index is 2.04. The molecule has 1 heterocycles. The molecule has 1 fully saturated rings. The van der Waals surface area contributed by atoms with E-state index in [4.69, 9.17) is 19.9 Å². The van der Waals surface area contributed by atoms with Gasteiger partial charge < -0.3 is 35.1 Å². The number of primary amides is 1. The lowest BCUT2D eigenvalue weighted by Gasteiger charge is -2.35. The van der Waals surface area contributed by atoms with Crippen molar-refractivity contribution in [3.8, 4) is 17.2 Å². The van der Waals surface area contributed by atoms with Gasteiger partial charge in [0, 0.05) is 0 Å². The zero-order valence-electron chi connectivity index (χ0n) is 18.6. The molecular weight excluding hydrogens is 388 g/mol. The number of methoxy groups -OCH3 is 3. The van der Waals surface area contributed by atoms with E-state index >= 15 is 0 Å². The van der Waals surface area contributed by atoms with E-state index in [-0.39, 0.29) is 11.8 Å². The van der Waals surface area contributed by atoms with E-state index in [1.165, 1.54) is 4.90 Å². The van der Waals surface area contributed by atoms with E-state index in [2.05, 4.69) is 5.32 Å². The van der Waals surface area contributed by atoms with Crippen molar-refractivity contribution in [3.05, 3.63) is 17.7 Å². The summed E-state index contributed by atoms with van der Waals surface area (Å²) in [6.45, 7) is 7.53. The van der Waals surface area contributed by atoms with Gasteiger partial charge in [-0.2, -0.15) is 0 Å². The summed E-state index contributed by atoms with van der Waals surface area (Å²) < 4.78 is 16.4. The van der Waals surface area contributed by atoms with Gasteiger partial charge in [-0.1, -0.05) is 20.3 Å². The molecule has 0 radical (unpaired) electrons. The molecular formula is C21H35N4O5+. The highest BCUT2D eigenvalue weighted by molar-refractivity contribution is 5.86. The summed E-state index contributed by atoms with van der Waals surface area (Å²) in [6, 6.07) is 2.61. The molecule has 0 unspecified atom stereocenters. The number of quaternary nitrogens is 1. The summed E-state index contributed by atoms with van der Waals surface area (Å²) in [6.07, 6.45) is 0.779. The fraction of sp³-hybridized carbons (Fsp3) is 0.619. The third-order valence-electron chi connectivity index (χ3n) is 5.79. The topological polar surface area (TPSA) is 108 Å². The molecule has 1 aromatic rings. The SMILES string of the molecule is CC[C@H](C)[C@H](NC(N)=O)C(=O)N1CC[NH+](Cc2ccc(OC)c(OC)c2OC)CC1. The lowest BCUT2D eigenvalue weighted by Crippen LogP contribution is -3.13. The van der Waals surface area contributed by atoms with Crippen molar-refractivity contribution in [1.82, 2.24) is 10.2 Å². The van der Waals surface area contributed by atoms with Gasteiger partial charge in [0.05, 0.1) is 53.1 Å². The standard InChI is InChI=1S/C21H34N4O5/c1-6-14(2)17(23-21(22)27)20(26)25-11-9-24(10-12-25)13-15-7-8-16(28-3)19(30-5)18(15)29-4/h7-8,14,17H,6,9-13H2,1-5H3,(H3,22,23,27)/p+1/t14-,17-/m0/s1. The molecule has 168 valence electrons. The number of rotatable bonds is 9. The van der Waals surface area contributed by atoms with Crippen LogP contribution < -0.4 is 30.2 Å². The number of amides is 3. The molecule has 9 nitrogen and oxygen atoms in total. The highest BCUT2D eigenvalue weighted by atomic mass is 16.5. The van der Waals surface area contributed by atoms with Gasteiger partial charge in [0.2, 0.25) is 11.7 Å². The molecule has 1 aliphatic heterocycles. The molecule has 2 atom stereocenters. The number of carbonyl (C=O) groups is 2. The van der Waals surface area contributed by atoms with Gasteiger partial charge in [-0.25, -0.2) is 4.79 Å². The van der Waals surface area contributed by atoms with Crippen molar-refractivity contribution in [3.63, 3.8) is 0 Å². The van der Waals surface area contributed by atoms with Gasteiger partial charge in [-0.15, -0.1) is 0 Å². The van der Waals surface area contributed by atoms with Crippen LogP contribution in [0.4, 0.5) is 4.79 Å². The molecule has 0 aliphatic carbocycles. The Hall–Kier alpha value is -2.68. The smallest absolute Gasteiger partial charge is 0.312 e. The first-order chi connectivity index (χ1) is 14.4. The Morgan fingerprint density at radius 3 is 2.27 bits per heavy atom. The number of hydrogen-bond donors (Lipinski definition) is 3. The Bertz CT molecular complexity index is 734. The number of nitrogens with one attached hydrogen (secondary N) is 2. The largest absolute Gasteiger partial charge is 0.493 e. The number of ether oxygens (including phenoxy) is 3. The van der Waals surface area contributed by atoms with Crippen molar-refractivity contribution in [2.45, 2.75) is 32.9 Å². The number of nitrogens with zero attached hydrogens (tertiary/aromatic N) is 1. The van der Waals surface area contributed by atoms with Crippen molar-refractivity contribution in [2.24, 2.45) is 11.7 Å². The summed E-state index contributed by atoms with van der Waals surface area (Å²) in [7, 11) is 4.81. The van der Waals surface area contributed by atoms with E-state index in [0.29, 0.717) is 30.3 Å². The fourth-order valence-electron chi connectivity index (χ4n) is 3.82.